The number of amides is 1. The molecule has 1 unspecified atom stereocenters. The molecule has 1 N–H and O–H groups in total. The van der Waals surface area contributed by atoms with Crippen molar-refractivity contribution in [1.29, 1.82) is 0 Å². The molecule has 0 aromatic rings. The molecule has 1 atom stereocenters. The zero-order chi connectivity index (χ0) is 14.0. The summed E-state index contributed by atoms with van der Waals surface area (Å²) in [5.41, 5.74) is 0. The largest absolute Gasteiger partial charge is 0.353 e. The molecule has 0 spiro atoms. The van der Waals surface area contributed by atoms with E-state index < -0.39 is 8.03 Å². The van der Waals surface area contributed by atoms with Crippen LogP contribution >= 0.6 is 8.03 Å². The van der Waals surface area contributed by atoms with Crippen molar-refractivity contribution < 1.29 is 18.4 Å². The molecule has 5 nitrogen and oxygen atoms in total. The van der Waals surface area contributed by atoms with Crippen LogP contribution in [0, 0.1) is 0 Å². The molecule has 0 rings (SSSR count). The van der Waals surface area contributed by atoms with Crippen LogP contribution in [-0.2, 0) is 13.9 Å². The highest BCUT2D eigenvalue weighted by molar-refractivity contribution is 7.39. The summed E-state index contributed by atoms with van der Waals surface area (Å²) < 4.78 is 17.6. The standard InChI is InChI=1S/C12H25N2O3P/c1-5-7-12(15)13-8-6-11-18(16)17-10-9-14(2,3)4/h5,7,18H,6,8-11H2,1-4H3/p+1. The molecule has 0 radical (unpaired) electrons. The van der Waals surface area contributed by atoms with E-state index in [1.807, 2.05) is 0 Å². The first kappa shape index (κ1) is 17.4. The van der Waals surface area contributed by atoms with E-state index in [1.54, 1.807) is 13.0 Å². The van der Waals surface area contributed by atoms with Crippen LogP contribution in [0.15, 0.2) is 12.2 Å². The van der Waals surface area contributed by atoms with Gasteiger partial charge in [0.1, 0.15) is 13.2 Å². The molecule has 0 aromatic carbocycles. The number of nitrogens with one attached hydrogen (secondary N) is 1. The van der Waals surface area contributed by atoms with E-state index in [1.165, 1.54) is 6.08 Å². The highest BCUT2D eigenvalue weighted by Crippen LogP contribution is 2.22. The van der Waals surface area contributed by atoms with Gasteiger partial charge in [-0.25, -0.2) is 0 Å². The van der Waals surface area contributed by atoms with Gasteiger partial charge in [-0.2, -0.15) is 0 Å². The van der Waals surface area contributed by atoms with Crippen molar-refractivity contribution in [3.8, 4) is 0 Å². The molecule has 106 valence electrons. The number of quaternary nitrogens is 1. The first-order chi connectivity index (χ1) is 8.35. The Morgan fingerprint density at radius 2 is 2.06 bits per heavy atom. The van der Waals surface area contributed by atoms with Crippen LogP contribution in [-0.4, -0.2) is 57.4 Å². The molecule has 0 saturated heterocycles. The fourth-order valence-corrected chi connectivity index (χ4v) is 2.09. The third kappa shape index (κ3) is 11.8. The number of rotatable bonds is 9. The van der Waals surface area contributed by atoms with Gasteiger partial charge in [0.2, 0.25) is 5.91 Å². The summed E-state index contributed by atoms with van der Waals surface area (Å²) in [6.07, 6.45) is 4.37. The number of carbonyl (C=O) groups is 1. The van der Waals surface area contributed by atoms with E-state index >= 15 is 0 Å². The molecule has 6 heteroatoms. The lowest BCUT2D eigenvalue weighted by atomic mass is 10.4. The molecule has 0 bridgehead atoms. The molecule has 1 amide bonds. The van der Waals surface area contributed by atoms with Crippen LogP contribution in [0.4, 0.5) is 0 Å². The maximum Gasteiger partial charge on any atom is 0.243 e. The normalized spacial score (nSPS) is 13.8. The molecule has 0 fully saturated rings. The van der Waals surface area contributed by atoms with Gasteiger partial charge in [-0.1, -0.05) is 6.08 Å². The summed E-state index contributed by atoms with van der Waals surface area (Å²) in [6, 6.07) is 0. The molecule has 0 aromatic heterocycles. The number of nitrogens with zero attached hydrogens (tertiary/aromatic N) is 1. The van der Waals surface area contributed by atoms with Crippen LogP contribution < -0.4 is 5.32 Å². The summed E-state index contributed by atoms with van der Waals surface area (Å²) in [5.74, 6) is -0.108. The van der Waals surface area contributed by atoms with Crippen molar-refractivity contribution in [2.75, 3.05) is 47.0 Å². The fourth-order valence-electron chi connectivity index (χ4n) is 1.16. The third-order valence-corrected chi connectivity index (χ3v) is 3.49. The number of carbonyl (C=O) groups excluding carboxylic acids is 1. The van der Waals surface area contributed by atoms with Crippen molar-refractivity contribution >= 4 is 13.9 Å². The van der Waals surface area contributed by atoms with Crippen LogP contribution in [0.3, 0.4) is 0 Å². The minimum absolute atomic E-state index is 0.108. The average molecular weight is 277 g/mol. The predicted molar refractivity (Wildman–Crippen MR) is 75.2 cm³/mol. The zero-order valence-electron chi connectivity index (χ0n) is 11.9. The van der Waals surface area contributed by atoms with Gasteiger partial charge in [0.05, 0.1) is 21.1 Å². The van der Waals surface area contributed by atoms with Gasteiger partial charge >= 0.3 is 0 Å². The molecule has 0 saturated carbocycles. The first-order valence-corrected chi connectivity index (χ1v) is 7.74. The van der Waals surface area contributed by atoms with E-state index in [0.29, 0.717) is 25.7 Å². The number of hydrogen-bond donors (Lipinski definition) is 1. The van der Waals surface area contributed by atoms with E-state index in [0.717, 1.165) is 11.0 Å². The van der Waals surface area contributed by atoms with Gasteiger partial charge in [0.15, 0.2) is 8.03 Å². The number of allylic oxidation sites excluding steroid dienone is 1. The maximum absolute atomic E-state index is 11.5. The summed E-state index contributed by atoms with van der Waals surface area (Å²) in [7, 11) is 4.25. The lowest BCUT2D eigenvalue weighted by Crippen LogP contribution is -2.37. The summed E-state index contributed by atoms with van der Waals surface area (Å²) in [4.78, 5) is 11.1. The Kier molecular flexibility index (Phi) is 8.98. The van der Waals surface area contributed by atoms with Crippen LogP contribution in [0.5, 0.6) is 0 Å². The SMILES string of the molecule is CC=CC(=O)NCCC[PH](=O)OCC[N+](C)(C)C. The molecular weight excluding hydrogens is 251 g/mol. The van der Waals surface area contributed by atoms with Crippen molar-refractivity contribution in [3.05, 3.63) is 12.2 Å². The second-order valence-electron chi connectivity index (χ2n) is 5.13. The van der Waals surface area contributed by atoms with Crippen molar-refractivity contribution in [2.24, 2.45) is 0 Å². The van der Waals surface area contributed by atoms with E-state index in [2.05, 4.69) is 26.5 Å². The van der Waals surface area contributed by atoms with Gasteiger partial charge in [-0.05, 0) is 19.4 Å². The lowest BCUT2D eigenvalue weighted by molar-refractivity contribution is -0.870. The lowest BCUT2D eigenvalue weighted by Gasteiger charge is -2.23. The van der Waals surface area contributed by atoms with Crippen molar-refractivity contribution in [2.45, 2.75) is 13.3 Å². The Bertz CT molecular complexity index is 298. The van der Waals surface area contributed by atoms with E-state index in [4.69, 9.17) is 4.52 Å². The second-order valence-corrected chi connectivity index (χ2v) is 6.66. The van der Waals surface area contributed by atoms with Gasteiger partial charge in [-0.3, -0.25) is 9.36 Å². The van der Waals surface area contributed by atoms with Crippen LogP contribution in [0.25, 0.3) is 0 Å². The third-order valence-electron chi connectivity index (χ3n) is 2.20. The zero-order valence-corrected chi connectivity index (χ0v) is 12.9. The predicted octanol–water partition coefficient (Wildman–Crippen LogP) is 1.27. The Hall–Kier alpha value is -0.640. The molecule has 0 aliphatic heterocycles. The van der Waals surface area contributed by atoms with Gasteiger partial charge in [0, 0.05) is 12.7 Å². The molecular formula is C12H26N2O3P+. The Morgan fingerprint density at radius 3 is 2.61 bits per heavy atom. The Balaban J connectivity index is 3.51. The highest BCUT2D eigenvalue weighted by atomic mass is 31.1. The summed E-state index contributed by atoms with van der Waals surface area (Å²) >= 11 is 0. The van der Waals surface area contributed by atoms with Crippen LogP contribution in [0.1, 0.15) is 13.3 Å². The first-order valence-electron chi connectivity index (χ1n) is 6.22. The second kappa shape index (κ2) is 9.31. The monoisotopic (exact) mass is 277 g/mol. The topological polar surface area (TPSA) is 55.4 Å². The van der Waals surface area contributed by atoms with Gasteiger partial charge < -0.3 is 14.3 Å². The fraction of sp³-hybridized carbons (Fsp3) is 0.750. The maximum atomic E-state index is 11.5. The highest BCUT2D eigenvalue weighted by Gasteiger charge is 2.08. The quantitative estimate of drug-likeness (QED) is 0.299. The van der Waals surface area contributed by atoms with Gasteiger partial charge in [-0.15, -0.1) is 0 Å². The van der Waals surface area contributed by atoms with E-state index in [-0.39, 0.29) is 5.91 Å². The smallest absolute Gasteiger partial charge is 0.243 e. The van der Waals surface area contributed by atoms with Crippen LogP contribution in [0.2, 0.25) is 0 Å². The summed E-state index contributed by atoms with van der Waals surface area (Å²) in [6.45, 7) is 3.69. The average Bonchev–Trinajstić information content (AvgIpc) is 2.23. The van der Waals surface area contributed by atoms with Crippen molar-refractivity contribution in [3.63, 3.8) is 0 Å². The minimum atomic E-state index is -1.95. The minimum Gasteiger partial charge on any atom is -0.353 e. The van der Waals surface area contributed by atoms with Gasteiger partial charge in [0.25, 0.3) is 0 Å². The number of hydrogen-bond acceptors (Lipinski definition) is 3. The Morgan fingerprint density at radius 1 is 1.39 bits per heavy atom. The molecule has 0 heterocycles. The van der Waals surface area contributed by atoms with Crippen molar-refractivity contribution in [1.82, 2.24) is 5.32 Å². The molecule has 0 aliphatic carbocycles. The Labute approximate surface area is 111 Å². The number of likely N-dealkylation sites (N-methyl/N-ethyl adjacent to an activating group) is 1. The molecule has 0 aliphatic rings. The van der Waals surface area contributed by atoms with E-state index in [9.17, 15) is 9.36 Å². The summed E-state index contributed by atoms with van der Waals surface area (Å²) in [5, 5.41) is 2.71. The molecule has 18 heavy (non-hydrogen) atoms.